The molecule has 3 heterocycles. The van der Waals surface area contributed by atoms with E-state index in [1.807, 2.05) is 6.92 Å². The summed E-state index contributed by atoms with van der Waals surface area (Å²) in [5, 5.41) is 6.74. The number of aromatic nitrogens is 2. The first kappa shape index (κ1) is 16.8. The second-order valence-corrected chi connectivity index (χ2v) is 6.78. The summed E-state index contributed by atoms with van der Waals surface area (Å²) in [6, 6.07) is 4.40. The Kier molecular flexibility index (Phi) is 4.44. The SMILES string of the molecule is CC1CC2=N[C@H](C)c3cc(F)ccc3OCCCNc3ncnc1c3N2. The van der Waals surface area contributed by atoms with E-state index in [2.05, 4.69) is 27.5 Å². The van der Waals surface area contributed by atoms with Crippen molar-refractivity contribution in [2.45, 2.75) is 38.6 Å². The molecule has 7 heteroatoms. The molecule has 6 nitrogen and oxygen atoms in total. The quantitative estimate of drug-likeness (QED) is 0.750. The summed E-state index contributed by atoms with van der Waals surface area (Å²) in [6.45, 7) is 5.34. The minimum absolute atomic E-state index is 0.223. The summed E-state index contributed by atoms with van der Waals surface area (Å²) in [5.41, 5.74) is 2.64. The Balaban J connectivity index is 1.77. The summed E-state index contributed by atoms with van der Waals surface area (Å²) in [4.78, 5) is 13.6. The van der Waals surface area contributed by atoms with E-state index < -0.39 is 0 Å². The number of fused-ring (bicyclic) bond motifs is 2. The number of amidine groups is 1. The fourth-order valence-electron chi connectivity index (χ4n) is 3.44. The van der Waals surface area contributed by atoms with Gasteiger partial charge in [0, 0.05) is 24.4 Å². The number of rotatable bonds is 0. The molecule has 2 aliphatic rings. The molecular weight excluding hydrogens is 333 g/mol. The summed E-state index contributed by atoms with van der Waals surface area (Å²) in [7, 11) is 0. The molecule has 0 saturated heterocycles. The average Bonchev–Trinajstić information content (AvgIpc) is 2.63. The van der Waals surface area contributed by atoms with Gasteiger partial charge >= 0.3 is 0 Å². The number of anilines is 2. The first-order valence-electron chi connectivity index (χ1n) is 8.96. The van der Waals surface area contributed by atoms with E-state index >= 15 is 0 Å². The molecule has 136 valence electrons. The molecule has 2 aliphatic heterocycles. The number of hydrogen-bond acceptors (Lipinski definition) is 6. The van der Waals surface area contributed by atoms with Gasteiger partial charge in [0.2, 0.25) is 0 Å². The number of ether oxygens (including phenoxy) is 1. The van der Waals surface area contributed by atoms with Crippen LogP contribution in [0, 0.1) is 5.82 Å². The molecule has 2 atom stereocenters. The average molecular weight is 355 g/mol. The van der Waals surface area contributed by atoms with Gasteiger partial charge in [0.1, 0.15) is 29.4 Å². The van der Waals surface area contributed by atoms with Gasteiger partial charge in [0.05, 0.1) is 18.3 Å². The topological polar surface area (TPSA) is 71.4 Å². The van der Waals surface area contributed by atoms with Gasteiger partial charge in [0.25, 0.3) is 0 Å². The third kappa shape index (κ3) is 3.21. The van der Waals surface area contributed by atoms with Gasteiger partial charge in [-0.1, -0.05) is 6.92 Å². The Bertz CT molecular complexity index is 854. The highest BCUT2D eigenvalue weighted by molar-refractivity contribution is 6.01. The van der Waals surface area contributed by atoms with Crippen LogP contribution in [-0.2, 0) is 0 Å². The van der Waals surface area contributed by atoms with E-state index in [-0.39, 0.29) is 17.8 Å². The first-order chi connectivity index (χ1) is 12.6. The van der Waals surface area contributed by atoms with Crippen LogP contribution in [0.1, 0.15) is 49.9 Å². The van der Waals surface area contributed by atoms with E-state index in [1.54, 1.807) is 12.4 Å². The second-order valence-electron chi connectivity index (χ2n) is 6.78. The van der Waals surface area contributed by atoms with Gasteiger partial charge in [-0.2, -0.15) is 0 Å². The Labute approximate surface area is 151 Å². The van der Waals surface area contributed by atoms with E-state index in [1.165, 1.54) is 12.1 Å². The van der Waals surface area contributed by atoms with Crippen LogP contribution >= 0.6 is 0 Å². The van der Waals surface area contributed by atoms with Crippen molar-refractivity contribution >= 4 is 17.3 Å². The molecule has 2 aromatic rings. The lowest BCUT2D eigenvalue weighted by atomic mass is 9.97. The number of aliphatic imine (C=N–C) groups is 1. The molecule has 0 radical (unpaired) electrons. The van der Waals surface area contributed by atoms with Gasteiger partial charge in [-0.05, 0) is 31.5 Å². The highest BCUT2D eigenvalue weighted by Crippen LogP contribution is 2.36. The minimum Gasteiger partial charge on any atom is -0.493 e. The third-order valence-electron chi connectivity index (χ3n) is 4.75. The standard InChI is InChI=1S/C19H22FN5O/c1-11-8-16-24-12(2)14-9-13(20)4-5-15(14)26-7-3-6-21-19-18(25-16)17(11)22-10-23-19/h4-5,9-12H,3,6-8H2,1-2H3,(H,24,25)(H,21,22,23)/t11?,12-/m1/s1. The van der Waals surface area contributed by atoms with E-state index in [0.29, 0.717) is 12.4 Å². The zero-order chi connectivity index (χ0) is 18.1. The van der Waals surface area contributed by atoms with Crippen LogP contribution in [0.15, 0.2) is 29.5 Å². The second kappa shape index (κ2) is 6.90. The van der Waals surface area contributed by atoms with Crippen LogP contribution in [0.3, 0.4) is 0 Å². The molecule has 2 bridgehead atoms. The van der Waals surface area contributed by atoms with Gasteiger partial charge in [-0.25, -0.2) is 14.4 Å². The van der Waals surface area contributed by atoms with Gasteiger partial charge in [-0.15, -0.1) is 0 Å². The lowest BCUT2D eigenvalue weighted by Gasteiger charge is -2.26. The normalized spacial score (nSPS) is 22.2. The van der Waals surface area contributed by atoms with Crippen LogP contribution in [0.5, 0.6) is 5.75 Å². The number of nitrogens with zero attached hydrogens (tertiary/aromatic N) is 3. The van der Waals surface area contributed by atoms with Crippen LogP contribution < -0.4 is 15.4 Å². The molecular formula is C19H22FN5O. The lowest BCUT2D eigenvalue weighted by molar-refractivity contribution is 0.310. The number of halogens is 1. The van der Waals surface area contributed by atoms with Crippen molar-refractivity contribution in [2.24, 2.45) is 4.99 Å². The smallest absolute Gasteiger partial charge is 0.153 e. The lowest BCUT2D eigenvalue weighted by Crippen LogP contribution is -2.25. The number of hydrogen-bond donors (Lipinski definition) is 2. The number of nitrogens with one attached hydrogen (secondary N) is 2. The van der Waals surface area contributed by atoms with E-state index in [4.69, 9.17) is 9.73 Å². The highest BCUT2D eigenvalue weighted by atomic mass is 19.1. The van der Waals surface area contributed by atoms with Crippen LogP contribution in [0.4, 0.5) is 15.9 Å². The number of benzene rings is 1. The molecule has 0 fully saturated rings. The molecule has 4 rings (SSSR count). The Morgan fingerprint density at radius 1 is 1.23 bits per heavy atom. The van der Waals surface area contributed by atoms with Gasteiger partial charge < -0.3 is 15.4 Å². The molecule has 1 aromatic heterocycles. The maximum atomic E-state index is 13.8. The van der Waals surface area contributed by atoms with Crippen molar-refractivity contribution in [1.82, 2.24) is 9.97 Å². The predicted molar refractivity (Wildman–Crippen MR) is 99.5 cm³/mol. The summed E-state index contributed by atoms with van der Waals surface area (Å²) in [6.07, 6.45) is 3.14. The van der Waals surface area contributed by atoms with E-state index in [9.17, 15) is 4.39 Å². The van der Waals surface area contributed by atoms with Gasteiger partial charge in [0.15, 0.2) is 5.82 Å². The highest BCUT2D eigenvalue weighted by Gasteiger charge is 2.26. The summed E-state index contributed by atoms with van der Waals surface area (Å²) < 4.78 is 19.7. The Morgan fingerprint density at radius 3 is 3.00 bits per heavy atom. The van der Waals surface area contributed by atoms with Crippen molar-refractivity contribution in [1.29, 1.82) is 0 Å². The zero-order valence-electron chi connectivity index (χ0n) is 14.9. The molecule has 0 spiro atoms. The minimum atomic E-state index is -0.281. The largest absolute Gasteiger partial charge is 0.493 e. The molecule has 0 aliphatic carbocycles. The molecule has 0 amide bonds. The van der Waals surface area contributed by atoms with Gasteiger partial charge in [-0.3, -0.25) is 4.99 Å². The fraction of sp³-hybridized carbons (Fsp3) is 0.421. The Morgan fingerprint density at radius 2 is 2.12 bits per heavy atom. The van der Waals surface area contributed by atoms with Crippen molar-refractivity contribution in [2.75, 3.05) is 23.8 Å². The summed E-state index contributed by atoms with van der Waals surface area (Å²) in [5.74, 6) is 2.27. The Hall–Kier alpha value is -2.70. The monoisotopic (exact) mass is 355 g/mol. The van der Waals surface area contributed by atoms with Crippen LogP contribution in [0.2, 0.25) is 0 Å². The van der Waals surface area contributed by atoms with Crippen molar-refractivity contribution in [3.63, 3.8) is 0 Å². The first-order valence-corrected chi connectivity index (χ1v) is 8.96. The predicted octanol–water partition coefficient (Wildman–Crippen LogP) is 3.89. The molecule has 1 aromatic carbocycles. The van der Waals surface area contributed by atoms with E-state index in [0.717, 1.165) is 48.0 Å². The third-order valence-corrected chi connectivity index (χ3v) is 4.75. The molecule has 26 heavy (non-hydrogen) atoms. The van der Waals surface area contributed by atoms with Crippen LogP contribution in [0.25, 0.3) is 0 Å². The maximum Gasteiger partial charge on any atom is 0.153 e. The summed E-state index contributed by atoms with van der Waals surface area (Å²) >= 11 is 0. The molecule has 0 saturated carbocycles. The fourth-order valence-corrected chi connectivity index (χ4v) is 3.44. The van der Waals surface area contributed by atoms with Crippen molar-refractivity contribution in [3.8, 4) is 5.75 Å². The zero-order valence-corrected chi connectivity index (χ0v) is 14.9. The molecule has 2 N–H and O–H groups in total. The van der Waals surface area contributed by atoms with Crippen LogP contribution in [-0.4, -0.2) is 29.0 Å². The molecule has 1 unspecified atom stereocenters. The van der Waals surface area contributed by atoms with Crippen molar-refractivity contribution < 1.29 is 9.13 Å². The van der Waals surface area contributed by atoms with Crippen molar-refractivity contribution in [3.05, 3.63) is 41.6 Å². The maximum absolute atomic E-state index is 13.8.